The largest absolute Gasteiger partial charge is 0.427 e. The van der Waals surface area contributed by atoms with E-state index in [1.807, 2.05) is 36.4 Å². The number of carbonyl (C=O) groups excluding carboxylic acids is 2. The minimum atomic E-state index is -0.516. The molecule has 1 N–H and O–H groups in total. The summed E-state index contributed by atoms with van der Waals surface area (Å²) in [7, 11) is 0. The topological polar surface area (TPSA) is 68.4 Å². The van der Waals surface area contributed by atoms with E-state index in [0.29, 0.717) is 17.1 Å². The Balaban J connectivity index is 1.63. The lowest BCUT2D eigenvalue weighted by Crippen LogP contribution is -2.09. The molecular formula is C21H15NO4. The number of benzene rings is 3. The van der Waals surface area contributed by atoms with Gasteiger partial charge < -0.3 is 14.5 Å². The standard InChI is InChI=1S/C21H15NO4/c1-13(23)25-15-6-4-5-14(11-15)21(24)26-16-9-10-20-18(12-16)17-7-2-3-8-19(17)22-20/h2-12,22H,1H3. The maximum absolute atomic E-state index is 12.4. The van der Waals surface area contributed by atoms with Crippen molar-refractivity contribution in [1.82, 2.24) is 4.98 Å². The van der Waals surface area contributed by atoms with E-state index in [1.165, 1.54) is 13.0 Å². The van der Waals surface area contributed by atoms with Crippen LogP contribution in [-0.2, 0) is 4.79 Å². The molecule has 4 rings (SSSR count). The maximum Gasteiger partial charge on any atom is 0.343 e. The van der Waals surface area contributed by atoms with Gasteiger partial charge in [0.05, 0.1) is 5.56 Å². The first-order chi connectivity index (χ1) is 12.6. The van der Waals surface area contributed by atoms with Crippen molar-refractivity contribution in [3.63, 3.8) is 0 Å². The second-order valence-electron chi connectivity index (χ2n) is 5.89. The summed E-state index contributed by atoms with van der Waals surface area (Å²) in [5, 5.41) is 2.05. The summed E-state index contributed by atoms with van der Waals surface area (Å²) in [6.45, 7) is 1.31. The van der Waals surface area contributed by atoms with Crippen molar-refractivity contribution < 1.29 is 19.1 Å². The highest BCUT2D eigenvalue weighted by molar-refractivity contribution is 6.07. The molecule has 0 fully saturated rings. The Kier molecular flexibility index (Phi) is 3.89. The third-order valence-corrected chi connectivity index (χ3v) is 4.02. The lowest BCUT2D eigenvalue weighted by atomic mass is 10.1. The van der Waals surface area contributed by atoms with Crippen molar-refractivity contribution >= 4 is 33.7 Å². The van der Waals surface area contributed by atoms with Gasteiger partial charge in [0, 0.05) is 28.7 Å². The van der Waals surface area contributed by atoms with Crippen LogP contribution in [0.25, 0.3) is 21.8 Å². The fourth-order valence-electron chi connectivity index (χ4n) is 2.91. The molecule has 0 radical (unpaired) electrons. The molecule has 5 nitrogen and oxygen atoms in total. The first-order valence-corrected chi connectivity index (χ1v) is 8.11. The van der Waals surface area contributed by atoms with E-state index in [9.17, 15) is 9.59 Å². The Hall–Kier alpha value is -3.60. The monoisotopic (exact) mass is 345 g/mol. The van der Waals surface area contributed by atoms with Gasteiger partial charge in [-0.3, -0.25) is 4.79 Å². The van der Waals surface area contributed by atoms with Crippen LogP contribution in [0, 0.1) is 0 Å². The predicted octanol–water partition coefficient (Wildman–Crippen LogP) is 4.47. The lowest BCUT2D eigenvalue weighted by Gasteiger charge is -2.06. The second-order valence-corrected chi connectivity index (χ2v) is 5.89. The van der Waals surface area contributed by atoms with Gasteiger partial charge in [-0.25, -0.2) is 4.79 Å². The zero-order valence-electron chi connectivity index (χ0n) is 14.0. The number of H-pyrrole nitrogens is 1. The van der Waals surface area contributed by atoms with E-state index >= 15 is 0 Å². The van der Waals surface area contributed by atoms with Crippen LogP contribution >= 0.6 is 0 Å². The molecule has 0 aliphatic heterocycles. The number of para-hydroxylation sites is 1. The Morgan fingerprint density at radius 1 is 0.769 bits per heavy atom. The number of esters is 2. The highest BCUT2D eigenvalue weighted by Crippen LogP contribution is 2.29. The summed E-state index contributed by atoms with van der Waals surface area (Å²) < 4.78 is 10.5. The molecule has 0 bridgehead atoms. The van der Waals surface area contributed by atoms with E-state index in [0.717, 1.165) is 21.8 Å². The van der Waals surface area contributed by atoms with Gasteiger partial charge in [0.2, 0.25) is 0 Å². The lowest BCUT2D eigenvalue weighted by molar-refractivity contribution is -0.131. The average Bonchev–Trinajstić information content (AvgIpc) is 2.99. The summed E-state index contributed by atoms with van der Waals surface area (Å²) >= 11 is 0. The van der Waals surface area contributed by atoms with E-state index in [-0.39, 0.29) is 0 Å². The normalized spacial score (nSPS) is 10.8. The van der Waals surface area contributed by atoms with Gasteiger partial charge >= 0.3 is 11.9 Å². The summed E-state index contributed by atoms with van der Waals surface area (Å²) in [5.74, 6) is -0.206. The summed E-state index contributed by atoms with van der Waals surface area (Å²) in [4.78, 5) is 26.8. The third-order valence-electron chi connectivity index (χ3n) is 4.02. The molecule has 0 aliphatic rings. The van der Waals surface area contributed by atoms with Gasteiger partial charge in [0.25, 0.3) is 0 Å². The number of rotatable bonds is 3. The SMILES string of the molecule is CC(=O)Oc1cccc(C(=O)Oc2ccc3[nH]c4ccccc4c3c2)c1. The van der Waals surface area contributed by atoms with Crippen molar-refractivity contribution in [1.29, 1.82) is 0 Å². The molecule has 3 aromatic carbocycles. The van der Waals surface area contributed by atoms with Crippen molar-refractivity contribution in [2.75, 3.05) is 0 Å². The Morgan fingerprint density at radius 2 is 1.54 bits per heavy atom. The zero-order valence-corrected chi connectivity index (χ0v) is 14.0. The number of nitrogens with one attached hydrogen (secondary N) is 1. The molecule has 128 valence electrons. The van der Waals surface area contributed by atoms with Crippen LogP contribution in [0.5, 0.6) is 11.5 Å². The van der Waals surface area contributed by atoms with Crippen LogP contribution in [0.4, 0.5) is 0 Å². The van der Waals surface area contributed by atoms with E-state index in [2.05, 4.69) is 4.98 Å². The van der Waals surface area contributed by atoms with E-state index in [1.54, 1.807) is 24.3 Å². The van der Waals surface area contributed by atoms with E-state index < -0.39 is 11.9 Å². The molecule has 0 saturated heterocycles. The zero-order chi connectivity index (χ0) is 18.1. The summed E-state index contributed by atoms with van der Waals surface area (Å²) in [6.07, 6.45) is 0. The van der Waals surface area contributed by atoms with E-state index in [4.69, 9.17) is 9.47 Å². The van der Waals surface area contributed by atoms with Crippen molar-refractivity contribution in [3.8, 4) is 11.5 Å². The van der Waals surface area contributed by atoms with Crippen LogP contribution in [0.1, 0.15) is 17.3 Å². The second kappa shape index (κ2) is 6.37. The van der Waals surface area contributed by atoms with Crippen LogP contribution in [-0.4, -0.2) is 16.9 Å². The van der Waals surface area contributed by atoms with Gasteiger partial charge in [-0.1, -0.05) is 24.3 Å². The quantitative estimate of drug-likeness (QED) is 0.439. The fraction of sp³-hybridized carbons (Fsp3) is 0.0476. The Morgan fingerprint density at radius 3 is 2.38 bits per heavy atom. The van der Waals surface area contributed by atoms with Crippen LogP contribution < -0.4 is 9.47 Å². The molecule has 0 amide bonds. The summed E-state index contributed by atoms with van der Waals surface area (Å²) in [6, 6.07) is 19.7. The van der Waals surface area contributed by atoms with Gasteiger partial charge in [0.15, 0.2) is 0 Å². The van der Waals surface area contributed by atoms with Crippen molar-refractivity contribution in [2.24, 2.45) is 0 Å². The predicted molar refractivity (Wildman–Crippen MR) is 98.5 cm³/mol. The maximum atomic E-state index is 12.4. The number of hydrogen-bond acceptors (Lipinski definition) is 4. The first-order valence-electron chi connectivity index (χ1n) is 8.11. The highest BCUT2D eigenvalue weighted by Gasteiger charge is 2.12. The minimum Gasteiger partial charge on any atom is -0.427 e. The molecule has 4 aromatic rings. The van der Waals surface area contributed by atoms with Gasteiger partial charge in [0.1, 0.15) is 11.5 Å². The molecule has 0 aliphatic carbocycles. The minimum absolute atomic E-state index is 0.305. The average molecular weight is 345 g/mol. The molecule has 0 atom stereocenters. The molecule has 0 spiro atoms. The first kappa shape index (κ1) is 15.9. The fourth-order valence-corrected chi connectivity index (χ4v) is 2.91. The number of fused-ring (bicyclic) bond motifs is 3. The smallest absolute Gasteiger partial charge is 0.343 e. The van der Waals surface area contributed by atoms with Crippen molar-refractivity contribution in [3.05, 3.63) is 72.3 Å². The van der Waals surface area contributed by atoms with Crippen molar-refractivity contribution in [2.45, 2.75) is 6.92 Å². The number of ether oxygens (including phenoxy) is 2. The molecule has 26 heavy (non-hydrogen) atoms. The molecule has 1 aromatic heterocycles. The van der Waals surface area contributed by atoms with Gasteiger partial charge in [-0.15, -0.1) is 0 Å². The number of hydrogen-bond donors (Lipinski definition) is 1. The Bertz CT molecular complexity index is 1140. The molecule has 5 heteroatoms. The molecule has 0 unspecified atom stereocenters. The van der Waals surface area contributed by atoms with Gasteiger partial charge in [-0.2, -0.15) is 0 Å². The Labute approximate surface area is 149 Å². The molecular weight excluding hydrogens is 330 g/mol. The highest BCUT2D eigenvalue weighted by atomic mass is 16.5. The van der Waals surface area contributed by atoms with Gasteiger partial charge in [-0.05, 0) is 42.5 Å². The summed E-state index contributed by atoms with van der Waals surface area (Å²) in [5.41, 5.74) is 2.31. The number of aromatic nitrogens is 1. The van der Waals surface area contributed by atoms with Crippen LogP contribution in [0.3, 0.4) is 0 Å². The van der Waals surface area contributed by atoms with Crippen LogP contribution in [0.15, 0.2) is 66.7 Å². The number of carbonyl (C=O) groups is 2. The number of aromatic amines is 1. The third kappa shape index (κ3) is 3.02. The molecule has 1 heterocycles. The molecule has 0 saturated carbocycles. The van der Waals surface area contributed by atoms with Crippen LogP contribution in [0.2, 0.25) is 0 Å².